The molecule has 0 aliphatic carbocycles. The first-order valence-electron chi connectivity index (χ1n) is 9.70. The molecule has 1 aliphatic heterocycles. The third-order valence-electron chi connectivity index (χ3n) is 5.00. The smallest absolute Gasteiger partial charge is 0.264 e. The van der Waals surface area contributed by atoms with Gasteiger partial charge in [-0.1, -0.05) is 48.0 Å². The normalized spacial score (nSPS) is 13.3. The number of anilines is 3. The number of carbonyl (C=O) groups is 2. The molecule has 1 aliphatic rings. The number of nitrogens with one attached hydrogen (secondary N) is 1. The van der Waals surface area contributed by atoms with E-state index in [9.17, 15) is 18.0 Å². The van der Waals surface area contributed by atoms with E-state index < -0.39 is 22.5 Å². The number of benzene rings is 3. The Bertz CT molecular complexity index is 1230. The molecule has 8 heteroatoms. The number of rotatable bonds is 5. The number of nitrogens with zero attached hydrogens (tertiary/aromatic N) is 2. The summed E-state index contributed by atoms with van der Waals surface area (Å²) in [5, 5.41) is 2.73. The lowest BCUT2D eigenvalue weighted by atomic mass is 10.2. The minimum Gasteiger partial charge on any atom is -0.323 e. The van der Waals surface area contributed by atoms with Gasteiger partial charge in [-0.3, -0.25) is 18.8 Å². The molecular formula is C23H21N3O4S. The van der Waals surface area contributed by atoms with Crippen LogP contribution < -0.4 is 14.5 Å². The van der Waals surface area contributed by atoms with Gasteiger partial charge >= 0.3 is 0 Å². The fraction of sp³-hybridized carbons (Fsp3) is 0.130. The van der Waals surface area contributed by atoms with E-state index in [1.165, 1.54) is 17.0 Å². The molecule has 0 atom stereocenters. The summed E-state index contributed by atoms with van der Waals surface area (Å²) in [4.78, 5) is 26.8. The number of aryl methyl sites for hydroxylation is 1. The van der Waals surface area contributed by atoms with E-state index in [1.807, 2.05) is 6.92 Å². The van der Waals surface area contributed by atoms with E-state index in [2.05, 4.69) is 5.32 Å². The summed E-state index contributed by atoms with van der Waals surface area (Å²) in [6.45, 7) is 1.25. The van der Waals surface area contributed by atoms with Gasteiger partial charge in [0.05, 0.1) is 22.0 Å². The summed E-state index contributed by atoms with van der Waals surface area (Å²) in [7, 11) is -4.01. The lowest BCUT2D eigenvalue weighted by Crippen LogP contribution is -2.48. The number of hydrogen-bond donors (Lipinski definition) is 1. The van der Waals surface area contributed by atoms with E-state index in [1.54, 1.807) is 66.7 Å². The molecule has 0 aromatic heterocycles. The van der Waals surface area contributed by atoms with Crippen LogP contribution in [0.1, 0.15) is 5.56 Å². The largest absolute Gasteiger partial charge is 0.323 e. The first-order chi connectivity index (χ1) is 14.9. The predicted molar refractivity (Wildman–Crippen MR) is 120 cm³/mol. The zero-order chi connectivity index (χ0) is 22.0. The van der Waals surface area contributed by atoms with Gasteiger partial charge in [0.15, 0.2) is 0 Å². The van der Waals surface area contributed by atoms with Crippen LogP contribution in [0.15, 0.2) is 83.8 Å². The molecule has 0 saturated heterocycles. The minimum atomic E-state index is -4.01. The number of hydrogen-bond acceptors (Lipinski definition) is 4. The number of para-hydroxylation sites is 3. The quantitative estimate of drug-likeness (QED) is 0.667. The summed E-state index contributed by atoms with van der Waals surface area (Å²) in [5.41, 5.74) is 2.34. The maximum Gasteiger partial charge on any atom is 0.264 e. The zero-order valence-corrected chi connectivity index (χ0v) is 17.7. The van der Waals surface area contributed by atoms with Crippen molar-refractivity contribution in [2.45, 2.75) is 11.8 Å². The molecule has 158 valence electrons. The molecule has 3 aromatic rings. The number of fused-ring (bicyclic) bond motifs is 1. The summed E-state index contributed by atoms with van der Waals surface area (Å²) in [5.74, 6) is -0.832. The number of amides is 2. The molecule has 0 unspecified atom stereocenters. The van der Waals surface area contributed by atoms with Crippen molar-refractivity contribution in [1.82, 2.24) is 0 Å². The lowest BCUT2D eigenvalue weighted by molar-refractivity contribution is -0.121. The summed E-state index contributed by atoms with van der Waals surface area (Å²) >= 11 is 0. The van der Waals surface area contributed by atoms with Crippen molar-refractivity contribution >= 4 is 38.9 Å². The Morgan fingerprint density at radius 2 is 1.61 bits per heavy atom. The van der Waals surface area contributed by atoms with Crippen LogP contribution in [-0.4, -0.2) is 33.3 Å². The van der Waals surface area contributed by atoms with E-state index in [0.29, 0.717) is 17.1 Å². The average molecular weight is 436 g/mol. The van der Waals surface area contributed by atoms with E-state index in [4.69, 9.17) is 0 Å². The van der Waals surface area contributed by atoms with E-state index >= 15 is 0 Å². The highest BCUT2D eigenvalue weighted by Gasteiger charge is 2.32. The van der Waals surface area contributed by atoms with Crippen LogP contribution in [0.2, 0.25) is 0 Å². The molecular weight excluding hydrogens is 414 g/mol. The highest BCUT2D eigenvalue weighted by Crippen LogP contribution is 2.30. The van der Waals surface area contributed by atoms with Gasteiger partial charge in [0, 0.05) is 0 Å². The van der Waals surface area contributed by atoms with Crippen molar-refractivity contribution < 1.29 is 18.0 Å². The molecule has 31 heavy (non-hydrogen) atoms. The van der Waals surface area contributed by atoms with Gasteiger partial charge in [-0.25, -0.2) is 8.42 Å². The maximum atomic E-state index is 13.4. The average Bonchev–Trinajstić information content (AvgIpc) is 2.77. The fourth-order valence-corrected chi connectivity index (χ4v) is 4.82. The Morgan fingerprint density at radius 3 is 2.32 bits per heavy atom. The third kappa shape index (κ3) is 4.15. The second kappa shape index (κ2) is 8.23. The molecule has 0 saturated carbocycles. The highest BCUT2D eigenvalue weighted by molar-refractivity contribution is 7.92. The maximum absolute atomic E-state index is 13.4. The summed E-state index contributed by atoms with van der Waals surface area (Å²) < 4.78 is 28.0. The number of sulfonamides is 1. The van der Waals surface area contributed by atoms with Gasteiger partial charge in [0.2, 0.25) is 11.8 Å². The lowest BCUT2D eigenvalue weighted by Gasteiger charge is -2.31. The van der Waals surface area contributed by atoms with Gasteiger partial charge in [-0.05, 0) is 43.3 Å². The minimum absolute atomic E-state index is 0.0894. The molecule has 1 N–H and O–H groups in total. The molecule has 4 rings (SSSR count). The van der Waals surface area contributed by atoms with Crippen molar-refractivity contribution in [3.63, 3.8) is 0 Å². The molecule has 0 bridgehead atoms. The van der Waals surface area contributed by atoms with Crippen LogP contribution in [0, 0.1) is 6.92 Å². The highest BCUT2D eigenvalue weighted by atomic mass is 32.2. The predicted octanol–water partition coefficient (Wildman–Crippen LogP) is 3.18. The molecule has 0 fully saturated rings. The fourth-order valence-electron chi connectivity index (χ4n) is 3.41. The summed E-state index contributed by atoms with van der Waals surface area (Å²) in [6, 6.07) is 21.9. The number of carbonyl (C=O) groups excluding carboxylic acids is 2. The van der Waals surface area contributed by atoms with E-state index in [-0.39, 0.29) is 17.3 Å². The SMILES string of the molecule is Cc1ccc(S(=O)(=O)N(CC(=O)N2CC(=O)Nc3ccccc32)c2ccccc2)cc1. The molecule has 7 nitrogen and oxygen atoms in total. The topological polar surface area (TPSA) is 86.8 Å². The van der Waals surface area contributed by atoms with Gasteiger partial charge in [-0.2, -0.15) is 0 Å². The molecule has 0 spiro atoms. The van der Waals surface area contributed by atoms with Crippen molar-refractivity contribution in [1.29, 1.82) is 0 Å². The standard InChI is InChI=1S/C23H21N3O4S/c1-17-11-13-19(14-12-17)31(29,30)26(18-7-3-2-4-8-18)16-23(28)25-15-22(27)24-20-9-5-6-10-21(20)25/h2-14H,15-16H2,1H3,(H,24,27). The summed E-state index contributed by atoms with van der Waals surface area (Å²) in [6.07, 6.45) is 0. The Hall–Kier alpha value is -3.65. The molecule has 2 amide bonds. The Labute approximate surface area is 181 Å². The molecule has 0 radical (unpaired) electrons. The van der Waals surface area contributed by atoms with Crippen molar-refractivity contribution in [3.05, 3.63) is 84.4 Å². The van der Waals surface area contributed by atoms with Crippen LogP contribution in [0.3, 0.4) is 0 Å². The van der Waals surface area contributed by atoms with Crippen LogP contribution >= 0.6 is 0 Å². The third-order valence-corrected chi connectivity index (χ3v) is 6.79. The van der Waals surface area contributed by atoms with Gasteiger partial charge in [0.1, 0.15) is 13.1 Å². The van der Waals surface area contributed by atoms with Crippen LogP contribution in [0.25, 0.3) is 0 Å². The van der Waals surface area contributed by atoms with Crippen molar-refractivity contribution in [3.8, 4) is 0 Å². The van der Waals surface area contributed by atoms with Crippen molar-refractivity contribution in [2.75, 3.05) is 27.6 Å². The van der Waals surface area contributed by atoms with E-state index in [0.717, 1.165) is 9.87 Å². The van der Waals surface area contributed by atoms with Crippen LogP contribution in [0.5, 0.6) is 0 Å². The first kappa shape index (κ1) is 20.6. The zero-order valence-electron chi connectivity index (χ0n) is 16.9. The molecule has 3 aromatic carbocycles. The van der Waals surface area contributed by atoms with Crippen LogP contribution in [-0.2, 0) is 19.6 Å². The van der Waals surface area contributed by atoms with Crippen LogP contribution in [0.4, 0.5) is 17.1 Å². The van der Waals surface area contributed by atoms with Crippen molar-refractivity contribution in [2.24, 2.45) is 0 Å². The van der Waals surface area contributed by atoms with Gasteiger partial charge < -0.3 is 5.32 Å². The Morgan fingerprint density at radius 1 is 0.968 bits per heavy atom. The molecule has 1 heterocycles. The Kier molecular flexibility index (Phi) is 5.48. The van der Waals surface area contributed by atoms with Gasteiger partial charge in [-0.15, -0.1) is 0 Å². The monoisotopic (exact) mass is 435 g/mol. The second-order valence-electron chi connectivity index (χ2n) is 7.21. The second-order valence-corrected chi connectivity index (χ2v) is 9.07. The Balaban J connectivity index is 1.72. The van der Waals surface area contributed by atoms with Gasteiger partial charge in [0.25, 0.3) is 10.0 Å². The first-order valence-corrected chi connectivity index (χ1v) is 11.1.